The van der Waals surface area contributed by atoms with Crippen molar-refractivity contribution >= 4 is 11.6 Å². The summed E-state index contributed by atoms with van der Waals surface area (Å²) in [5, 5.41) is 9.65. The molecule has 0 radical (unpaired) electrons. The summed E-state index contributed by atoms with van der Waals surface area (Å²) in [4.78, 5) is 0. The Kier molecular flexibility index (Phi) is 1.75. The van der Waals surface area contributed by atoms with Gasteiger partial charge in [-0.2, -0.15) is 0 Å². The molecule has 0 atom stereocenters. The van der Waals surface area contributed by atoms with Crippen LogP contribution in [0.2, 0.25) is 5.02 Å². The Bertz CT molecular complexity index is 363. The summed E-state index contributed by atoms with van der Waals surface area (Å²) in [5.74, 6) is -1.08. The molecule has 1 saturated carbocycles. The van der Waals surface area contributed by atoms with Crippen molar-refractivity contribution in [3.63, 3.8) is 0 Å². The molecule has 1 aromatic carbocycles. The van der Waals surface area contributed by atoms with Gasteiger partial charge in [-0.25, -0.2) is 4.39 Å². The maximum atomic E-state index is 13.0. The first-order valence-electron chi connectivity index (χ1n) is 4.00. The van der Waals surface area contributed by atoms with Gasteiger partial charge < -0.3 is 10.8 Å². The number of nitrogens with two attached hydrogens (primary N) is 1. The minimum Gasteiger partial charge on any atom is -0.505 e. The summed E-state index contributed by atoms with van der Waals surface area (Å²) in [5.41, 5.74) is 5.68. The van der Waals surface area contributed by atoms with E-state index in [0.717, 1.165) is 18.9 Å². The monoisotopic (exact) mass is 201 g/mol. The molecule has 0 amide bonds. The Balaban J connectivity index is 2.56. The Morgan fingerprint density at radius 2 is 2.08 bits per heavy atom. The van der Waals surface area contributed by atoms with Crippen LogP contribution in [0.25, 0.3) is 0 Å². The second-order valence-electron chi connectivity index (χ2n) is 3.44. The van der Waals surface area contributed by atoms with Gasteiger partial charge in [-0.3, -0.25) is 0 Å². The van der Waals surface area contributed by atoms with Crippen LogP contribution in [-0.2, 0) is 5.54 Å². The minimum atomic E-state index is -0.709. The number of benzene rings is 1. The molecule has 0 spiro atoms. The molecule has 2 nitrogen and oxygen atoms in total. The van der Waals surface area contributed by atoms with Crippen LogP contribution >= 0.6 is 11.6 Å². The third-order valence-corrected chi connectivity index (χ3v) is 2.57. The second kappa shape index (κ2) is 2.59. The Morgan fingerprint density at radius 1 is 1.46 bits per heavy atom. The lowest BCUT2D eigenvalue weighted by molar-refractivity contribution is 0.419. The molecule has 0 aliphatic heterocycles. The summed E-state index contributed by atoms with van der Waals surface area (Å²) in [6.45, 7) is 0. The maximum absolute atomic E-state index is 13.0. The predicted octanol–water partition coefficient (Wildman–Crippen LogP) is 2.13. The normalized spacial score (nSPS) is 18.7. The van der Waals surface area contributed by atoms with E-state index in [1.807, 2.05) is 0 Å². The van der Waals surface area contributed by atoms with Gasteiger partial charge in [-0.05, 0) is 25.0 Å². The smallest absolute Gasteiger partial charge is 0.166 e. The molecule has 0 unspecified atom stereocenters. The van der Waals surface area contributed by atoms with Crippen LogP contribution < -0.4 is 5.73 Å². The van der Waals surface area contributed by atoms with Crippen LogP contribution in [0.5, 0.6) is 5.75 Å². The van der Waals surface area contributed by atoms with E-state index in [9.17, 15) is 9.50 Å². The number of phenolic OH excluding ortho intramolecular Hbond substituents is 1. The topological polar surface area (TPSA) is 46.2 Å². The Morgan fingerprint density at radius 3 is 2.62 bits per heavy atom. The van der Waals surface area contributed by atoms with Crippen molar-refractivity contribution in [3.05, 3.63) is 28.5 Å². The highest BCUT2D eigenvalue weighted by Gasteiger charge is 2.42. The van der Waals surface area contributed by atoms with Crippen molar-refractivity contribution in [1.29, 1.82) is 0 Å². The molecule has 70 valence electrons. The number of halogens is 2. The van der Waals surface area contributed by atoms with Crippen LogP contribution in [0.15, 0.2) is 12.1 Å². The second-order valence-corrected chi connectivity index (χ2v) is 3.88. The van der Waals surface area contributed by atoms with Crippen molar-refractivity contribution < 1.29 is 9.50 Å². The van der Waals surface area contributed by atoms with E-state index in [4.69, 9.17) is 17.3 Å². The van der Waals surface area contributed by atoms with E-state index >= 15 is 0 Å². The van der Waals surface area contributed by atoms with Crippen molar-refractivity contribution in [2.24, 2.45) is 5.73 Å². The molecule has 0 heterocycles. The fourth-order valence-corrected chi connectivity index (χ4v) is 1.55. The van der Waals surface area contributed by atoms with E-state index in [2.05, 4.69) is 0 Å². The van der Waals surface area contributed by atoms with E-state index in [0.29, 0.717) is 5.56 Å². The standard InChI is InChI=1S/C9H9ClFNO/c10-5-3-6(9(12)1-2-9)8(13)7(11)4-5/h3-4,13H,1-2,12H2. The third kappa shape index (κ3) is 1.38. The molecule has 3 N–H and O–H groups in total. The van der Waals surface area contributed by atoms with Gasteiger partial charge in [0.15, 0.2) is 11.6 Å². The maximum Gasteiger partial charge on any atom is 0.166 e. The quantitative estimate of drug-likeness (QED) is 0.731. The fourth-order valence-electron chi connectivity index (χ4n) is 1.35. The van der Waals surface area contributed by atoms with E-state index in [1.54, 1.807) is 0 Å². The lowest BCUT2D eigenvalue weighted by Crippen LogP contribution is -2.19. The van der Waals surface area contributed by atoms with Crippen LogP contribution in [0.1, 0.15) is 18.4 Å². The molecule has 13 heavy (non-hydrogen) atoms. The van der Waals surface area contributed by atoms with E-state index in [1.165, 1.54) is 6.07 Å². The number of phenols is 1. The highest BCUT2D eigenvalue weighted by atomic mass is 35.5. The van der Waals surface area contributed by atoms with Gasteiger partial charge in [0.25, 0.3) is 0 Å². The van der Waals surface area contributed by atoms with E-state index < -0.39 is 11.4 Å². The molecule has 1 aliphatic carbocycles. The van der Waals surface area contributed by atoms with Crippen LogP contribution in [0.3, 0.4) is 0 Å². The summed E-state index contributed by atoms with van der Waals surface area (Å²) in [6.07, 6.45) is 1.53. The van der Waals surface area contributed by atoms with Gasteiger partial charge in [0.2, 0.25) is 0 Å². The number of rotatable bonds is 1. The largest absolute Gasteiger partial charge is 0.505 e. The van der Waals surface area contributed by atoms with E-state index in [-0.39, 0.29) is 10.8 Å². The van der Waals surface area contributed by atoms with Gasteiger partial charge in [-0.1, -0.05) is 11.6 Å². The molecular weight excluding hydrogens is 193 g/mol. The van der Waals surface area contributed by atoms with Gasteiger partial charge >= 0.3 is 0 Å². The molecule has 0 aromatic heterocycles. The van der Waals surface area contributed by atoms with Crippen molar-refractivity contribution in [2.75, 3.05) is 0 Å². The summed E-state index contributed by atoms with van der Waals surface area (Å²) >= 11 is 5.65. The molecular formula is C9H9ClFNO. The first-order valence-corrected chi connectivity index (χ1v) is 4.38. The minimum absolute atomic E-state index is 0.266. The predicted molar refractivity (Wildman–Crippen MR) is 48.2 cm³/mol. The summed E-state index contributed by atoms with van der Waals surface area (Å²) < 4.78 is 13.0. The molecule has 1 fully saturated rings. The lowest BCUT2D eigenvalue weighted by Gasteiger charge is -2.12. The number of hydrogen-bond acceptors (Lipinski definition) is 2. The summed E-state index contributed by atoms with van der Waals surface area (Å²) in [7, 11) is 0. The first-order chi connectivity index (χ1) is 6.03. The average molecular weight is 202 g/mol. The number of hydrogen-bond donors (Lipinski definition) is 2. The molecule has 1 aliphatic rings. The molecule has 1 aromatic rings. The van der Waals surface area contributed by atoms with Gasteiger partial charge in [0.05, 0.1) is 0 Å². The van der Waals surface area contributed by atoms with Gasteiger partial charge in [-0.15, -0.1) is 0 Å². The molecule has 4 heteroatoms. The van der Waals surface area contributed by atoms with Crippen LogP contribution in [-0.4, -0.2) is 5.11 Å². The van der Waals surface area contributed by atoms with Gasteiger partial charge in [0, 0.05) is 16.1 Å². The number of aromatic hydroxyl groups is 1. The SMILES string of the molecule is NC1(c2cc(Cl)cc(F)c2O)CC1. The highest BCUT2D eigenvalue weighted by Crippen LogP contribution is 2.47. The lowest BCUT2D eigenvalue weighted by atomic mass is 10.0. The zero-order chi connectivity index (χ0) is 9.64. The molecule has 0 saturated heterocycles. The van der Waals surface area contributed by atoms with Crippen molar-refractivity contribution in [3.8, 4) is 5.75 Å². The van der Waals surface area contributed by atoms with Crippen molar-refractivity contribution in [1.82, 2.24) is 0 Å². The highest BCUT2D eigenvalue weighted by molar-refractivity contribution is 6.30. The van der Waals surface area contributed by atoms with Crippen LogP contribution in [0, 0.1) is 5.82 Å². The molecule has 2 rings (SSSR count). The van der Waals surface area contributed by atoms with Crippen LogP contribution in [0.4, 0.5) is 4.39 Å². The Labute approximate surface area is 80.1 Å². The van der Waals surface area contributed by atoms with Gasteiger partial charge in [0.1, 0.15) is 0 Å². The average Bonchev–Trinajstić information content (AvgIpc) is 2.77. The molecule has 0 bridgehead atoms. The Hall–Kier alpha value is -0.800. The van der Waals surface area contributed by atoms with Crippen molar-refractivity contribution in [2.45, 2.75) is 18.4 Å². The fraction of sp³-hybridized carbons (Fsp3) is 0.333. The third-order valence-electron chi connectivity index (χ3n) is 2.35. The summed E-state index contributed by atoms with van der Waals surface area (Å²) in [6, 6.07) is 2.60. The first kappa shape index (κ1) is 8.78. The zero-order valence-corrected chi connectivity index (χ0v) is 7.61. The zero-order valence-electron chi connectivity index (χ0n) is 6.85.